The van der Waals surface area contributed by atoms with Crippen molar-refractivity contribution in [2.24, 2.45) is 0 Å². The molecule has 1 unspecified atom stereocenters. The van der Waals surface area contributed by atoms with Crippen molar-refractivity contribution >= 4 is 0 Å². The van der Waals surface area contributed by atoms with Crippen molar-refractivity contribution < 1.29 is 4.39 Å². The molecule has 0 saturated carbocycles. The lowest BCUT2D eigenvalue weighted by atomic mass is 10.1. The summed E-state index contributed by atoms with van der Waals surface area (Å²) < 4.78 is 13.5. The maximum Gasteiger partial charge on any atom is 0.129 e. The van der Waals surface area contributed by atoms with Gasteiger partial charge in [-0.2, -0.15) is 5.26 Å². The Hall–Kier alpha value is -1.40. The standard InChI is InChI=1S/C12H13FN2/c13-11-6-2-1-5-10(11)12(9-14)15-7-3-4-8-15/h1-2,5-6,12H,3-4,7-8H2. The van der Waals surface area contributed by atoms with Gasteiger partial charge in [0, 0.05) is 5.56 Å². The summed E-state index contributed by atoms with van der Waals surface area (Å²) in [6.07, 6.45) is 2.21. The highest BCUT2D eigenvalue weighted by atomic mass is 19.1. The second-order valence-electron chi connectivity index (χ2n) is 3.80. The number of hydrogen-bond donors (Lipinski definition) is 0. The second-order valence-corrected chi connectivity index (χ2v) is 3.80. The molecule has 2 rings (SSSR count). The predicted molar refractivity (Wildman–Crippen MR) is 55.6 cm³/mol. The SMILES string of the molecule is N#CC(c1ccccc1F)N1CCCC1. The van der Waals surface area contributed by atoms with Crippen LogP contribution in [-0.2, 0) is 0 Å². The van der Waals surface area contributed by atoms with Gasteiger partial charge in [-0.25, -0.2) is 4.39 Å². The van der Waals surface area contributed by atoms with E-state index in [0.29, 0.717) is 5.56 Å². The molecule has 0 spiro atoms. The van der Waals surface area contributed by atoms with Crippen molar-refractivity contribution in [2.45, 2.75) is 18.9 Å². The van der Waals surface area contributed by atoms with Crippen LogP contribution in [0, 0.1) is 17.1 Å². The van der Waals surface area contributed by atoms with Gasteiger partial charge in [0.25, 0.3) is 0 Å². The summed E-state index contributed by atoms with van der Waals surface area (Å²) in [7, 11) is 0. The van der Waals surface area contributed by atoms with Gasteiger partial charge in [-0.05, 0) is 32.0 Å². The molecule has 1 saturated heterocycles. The van der Waals surface area contributed by atoms with Crippen LogP contribution in [0.5, 0.6) is 0 Å². The highest BCUT2D eigenvalue weighted by Crippen LogP contribution is 2.25. The molecule has 0 aliphatic carbocycles. The van der Waals surface area contributed by atoms with Gasteiger partial charge in [0.2, 0.25) is 0 Å². The molecule has 0 amide bonds. The van der Waals surface area contributed by atoms with E-state index in [1.54, 1.807) is 18.2 Å². The molecule has 0 radical (unpaired) electrons. The van der Waals surface area contributed by atoms with Crippen molar-refractivity contribution in [3.05, 3.63) is 35.6 Å². The summed E-state index contributed by atoms with van der Waals surface area (Å²) in [6.45, 7) is 1.79. The first kappa shape index (κ1) is 10.1. The van der Waals surface area contributed by atoms with Crippen LogP contribution in [-0.4, -0.2) is 18.0 Å². The zero-order valence-electron chi connectivity index (χ0n) is 8.49. The summed E-state index contributed by atoms with van der Waals surface area (Å²) in [5, 5.41) is 9.11. The molecule has 1 aliphatic heterocycles. The highest BCUT2D eigenvalue weighted by Gasteiger charge is 2.24. The normalized spacial score (nSPS) is 18.7. The van der Waals surface area contributed by atoms with E-state index in [2.05, 4.69) is 6.07 Å². The number of halogens is 1. The molecule has 3 heteroatoms. The zero-order chi connectivity index (χ0) is 10.7. The molecule has 1 aliphatic rings. The number of nitrogens with zero attached hydrogens (tertiary/aromatic N) is 2. The Morgan fingerprint density at radius 1 is 1.27 bits per heavy atom. The number of nitriles is 1. The van der Waals surface area contributed by atoms with Crippen LogP contribution >= 0.6 is 0 Å². The Balaban J connectivity index is 2.27. The van der Waals surface area contributed by atoms with Gasteiger partial charge in [-0.1, -0.05) is 18.2 Å². The number of hydrogen-bond acceptors (Lipinski definition) is 2. The highest BCUT2D eigenvalue weighted by molar-refractivity contribution is 5.26. The first-order valence-corrected chi connectivity index (χ1v) is 5.21. The monoisotopic (exact) mass is 204 g/mol. The van der Waals surface area contributed by atoms with Crippen LogP contribution in [0.25, 0.3) is 0 Å². The lowest BCUT2D eigenvalue weighted by Gasteiger charge is -2.21. The van der Waals surface area contributed by atoms with E-state index < -0.39 is 6.04 Å². The molecule has 0 bridgehead atoms. The summed E-state index contributed by atoms with van der Waals surface area (Å²) in [6, 6.07) is 8.30. The molecule has 1 fully saturated rings. The van der Waals surface area contributed by atoms with Crippen molar-refractivity contribution in [3.8, 4) is 6.07 Å². The Morgan fingerprint density at radius 3 is 2.53 bits per heavy atom. The van der Waals surface area contributed by atoms with Crippen LogP contribution in [0.1, 0.15) is 24.4 Å². The molecular weight excluding hydrogens is 191 g/mol. The van der Waals surface area contributed by atoms with Crippen LogP contribution in [0.4, 0.5) is 4.39 Å². The van der Waals surface area contributed by atoms with E-state index >= 15 is 0 Å². The Labute approximate surface area is 88.9 Å². The Bertz CT molecular complexity index is 377. The molecule has 2 nitrogen and oxygen atoms in total. The van der Waals surface area contributed by atoms with Gasteiger partial charge in [0.1, 0.15) is 11.9 Å². The smallest absolute Gasteiger partial charge is 0.129 e. The summed E-state index contributed by atoms with van der Waals surface area (Å²) in [4.78, 5) is 2.04. The largest absolute Gasteiger partial charge is 0.284 e. The topological polar surface area (TPSA) is 27.0 Å². The minimum Gasteiger partial charge on any atom is -0.284 e. The van der Waals surface area contributed by atoms with E-state index in [0.717, 1.165) is 25.9 Å². The molecule has 78 valence electrons. The summed E-state index contributed by atoms with van der Waals surface area (Å²) in [5.41, 5.74) is 0.502. The maximum atomic E-state index is 13.5. The van der Waals surface area contributed by atoms with Gasteiger partial charge in [0.15, 0.2) is 0 Å². The van der Waals surface area contributed by atoms with Crippen molar-refractivity contribution in [1.82, 2.24) is 4.90 Å². The van der Waals surface area contributed by atoms with Gasteiger partial charge in [0.05, 0.1) is 6.07 Å². The lowest BCUT2D eigenvalue weighted by Crippen LogP contribution is -2.25. The van der Waals surface area contributed by atoms with Crippen LogP contribution in [0.2, 0.25) is 0 Å². The Kier molecular flexibility index (Phi) is 2.98. The average Bonchev–Trinajstić information content (AvgIpc) is 2.75. The fourth-order valence-electron chi connectivity index (χ4n) is 2.04. The molecule has 1 aromatic rings. The average molecular weight is 204 g/mol. The van der Waals surface area contributed by atoms with Gasteiger partial charge < -0.3 is 0 Å². The molecule has 0 N–H and O–H groups in total. The van der Waals surface area contributed by atoms with Crippen molar-refractivity contribution in [3.63, 3.8) is 0 Å². The molecular formula is C12H13FN2. The molecule has 1 aromatic carbocycles. The predicted octanol–water partition coefficient (Wildman–Crippen LogP) is 2.49. The van der Waals surface area contributed by atoms with Crippen LogP contribution in [0.15, 0.2) is 24.3 Å². The van der Waals surface area contributed by atoms with Gasteiger partial charge in [-0.15, -0.1) is 0 Å². The van der Waals surface area contributed by atoms with E-state index in [1.165, 1.54) is 6.07 Å². The number of likely N-dealkylation sites (tertiary alicyclic amines) is 1. The quantitative estimate of drug-likeness (QED) is 0.740. The summed E-state index contributed by atoms with van der Waals surface area (Å²) in [5.74, 6) is -0.282. The first-order valence-electron chi connectivity index (χ1n) is 5.21. The lowest BCUT2D eigenvalue weighted by molar-refractivity contribution is 0.288. The fourth-order valence-corrected chi connectivity index (χ4v) is 2.04. The minimum absolute atomic E-state index is 0.282. The summed E-state index contributed by atoms with van der Waals surface area (Å²) >= 11 is 0. The first-order chi connectivity index (χ1) is 7.33. The Morgan fingerprint density at radius 2 is 1.93 bits per heavy atom. The third kappa shape index (κ3) is 2.00. The van der Waals surface area contributed by atoms with Gasteiger partial charge in [-0.3, -0.25) is 4.90 Å². The van der Waals surface area contributed by atoms with Crippen molar-refractivity contribution in [2.75, 3.05) is 13.1 Å². The molecule has 1 atom stereocenters. The number of rotatable bonds is 2. The second kappa shape index (κ2) is 4.41. The minimum atomic E-state index is -0.423. The zero-order valence-corrected chi connectivity index (χ0v) is 8.49. The molecule has 1 heterocycles. The molecule has 0 aromatic heterocycles. The fraction of sp³-hybridized carbons (Fsp3) is 0.417. The van der Waals surface area contributed by atoms with E-state index in [1.807, 2.05) is 4.90 Å². The van der Waals surface area contributed by atoms with Crippen LogP contribution < -0.4 is 0 Å². The maximum absolute atomic E-state index is 13.5. The van der Waals surface area contributed by atoms with Gasteiger partial charge >= 0.3 is 0 Å². The molecule has 15 heavy (non-hydrogen) atoms. The van der Waals surface area contributed by atoms with E-state index in [-0.39, 0.29) is 5.82 Å². The van der Waals surface area contributed by atoms with Crippen LogP contribution in [0.3, 0.4) is 0 Å². The van der Waals surface area contributed by atoms with E-state index in [4.69, 9.17) is 5.26 Å². The third-order valence-corrected chi connectivity index (χ3v) is 2.83. The van der Waals surface area contributed by atoms with E-state index in [9.17, 15) is 4.39 Å². The third-order valence-electron chi connectivity index (χ3n) is 2.83. The number of benzene rings is 1. The van der Waals surface area contributed by atoms with Crippen molar-refractivity contribution in [1.29, 1.82) is 5.26 Å².